The van der Waals surface area contributed by atoms with E-state index in [2.05, 4.69) is 20.8 Å². The first-order valence-electron chi connectivity index (χ1n) is 7.65. The minimum absolute atomic E-state index is 0.206. The fourth-order valence-corrected chi connectivity index (χ4v) is 3.01. The maximum Gasteiger partial charge on any atom is 0.225 e. The molecule has 0 aromatic carbocycles. The van der Waals surface area contributed by atoms with E-state index in [9.17, 15) is 9.90 Å². The van der Waals surface area contributed by atoms with Crippen molar-refractivity contribution in [3.05, 3.63) is 0 Å². The van der Waals surface area contributed by atoms with Gasteiger partial charge in [0.25, 0.3) is 0 Å². The van der Waals surface area contributed by atoms with E-state index in [1.54, 1.807) is 11.8 Å². The zero-order valence-corrected chi connectivity index (χ0v) is 13.3. The van der Waals surface area contributed by atoms with Crippen LogP contribution in [-0.4, -0.2) is 35.6 Å². The molecular formula is C16H31NO2. The molecule has 0 radical (unpaired) electrons. The summed E-state index contributed by atoms with van der Waals surface area (Å²) < 4.78 is 0. The van der Waals surface area contributed by atoms with Gasteiger partial charge in [0.1, 0.15) is 0 Å². The highest BCUT2D eigenvalue weighted by Gasteiger charge is 2.33. The molecule has 0 aromatic heterocycles. The van der Waals surface area contributed by atoms with Crippen LogP contribution in [0.1, 0.15) is 59.8 Å². The number of carbonyl (C=O) groups excluding carboxylic acids is 1. The first-order valence-corrected chi connectivity index (χ1v) is 7.65. The Morgan fingerprint density at radius 2 is 1.79 bits per heavy atom. The zero-order chi connectivity index (χ0) is 14.6. The van der Waals surface area contributed by atoms with Crippen LogP contribution in [0.5, 0.6) is 0 Å². The molecule has 1 fully saturated rings. The van der Waals surface area contributed by atoms with Crippen molar-refractivity contribution in [3.8, 4) is 0 Å². The second-order valence-electron chi connectivity index (χ2n) is 7.31. The molecule has 3 heteroatoms. The van der Waals surface area contributed by atoms with Crippen LogP contribution in [0.15, 0.2) is 0 Å². The van der Waals surface area contributed by atoms with Gasteiger partial charge in [-0.3, -0.25) is 4.79 Å². The number of nitrogens with zero attached hydrogens (tertiary/aromatic N) is 1. The molecule has 19 heavy (non-hydrogen) atoms. The Bertz CT molecular complexity index is 286. The summed E-state index contributed by atoms with van der Waals surface area (Å²) >= 11 is 0. The van der Waals surface area contributed by atoms with E-state index in [1.807, 2.05) is 7.05 Å². The highest BCUT2D eigenvalue weighted by molar-refractivity contribution is 5.78. The molecule has 1 amide bonds. The average Bonchev–Trinajstić information content (AvgIpc) is 2.34. The van der Waals surface area contributed by atoms with Crippen molar-refractivity contribution >= 4 is 5.91 Å². The number of carbonyl (C=O) groups is 1. The van der Waals surface area contributed by atoms with Gasteiger partial charge in [-0.15, -0.1) is 0 Å². The average molecular weight is 269 g/mol. The Balaban J connectivity index is 2.40. The predicted molar refractivity (Wildman–Crippen MR) is 78.8 cm³/mol. The van der Waals surface area contributed by atoms with Gasteiger partial charge in [-0.2, -0.15) is 0 Å². The number of amides is 1. The number of aliphatic hydroxyl groups is 1. The first-order chi connectivity index (χ1) is 8.71. The Morgan fingerprint density at radius 3 is 2.21 bits per heavy atom. The lowest BCUT2D eigenvalue weighted by atomic mass is 9.69. The van der Waals surface area contributed by atoms with Gasteiger partial charge in [0.05, 0.1) is 6.10 Å². The third-order valence-corrected chi connectivity index (χ3v) is 4.56. The fourth-order valence-electron chi connectivity index (χ4n) is 3.01. The van der Waals surface area contributed by atoms with Crippen molar-refractivity contribution in [1.29, 1.82) is 0 Å². The quantitative estimate of drug-likeness (QED) is 0.852. The van der Waals surface area contributed by atoms with Crippen LogP contribution in [0, 0.1) is 17.3 Å². The topological polar surface area (TPSA) is 40.5 Å². The monoisotopic (exact) mass is 269 g/mol. The van der Waals surface area contributed by atoms with Gasteiger partial charge in [0, 0.05) is 19.5 Å². The summed E-state index contributed by atoms with van der Waals surface area (Å²) in [6.07, 6.45) is 4.74. The van der Waals surface area contributed by atoms with Gasteiger partial charge in [-0.05, 0) is 50.4 Å². The van der Waals surface area contributed by atoms with E-state index < -0.39 is 0 Å². The minimum Gasteiger partial charge on any atom is -0.393 e. The molecule has 1 N–H and O–H groups in total. The molecule has 1 atom stereocenters. The molecule has 1 saturated carbocycles. The Morgan fingerprint density at radius 1 is 1.26 bits per heavy atom. The summed E-state index contributed by atoms with van der Waals surface area (Å²) in [5, 5.41) is 9.28. The van der Waals surface area contributed by atoms with E-state index in [-0.39, 0.29) is 17.9 Å². The molecule has 0 bridgehead atoms. The SMILES string of the molecule is CC(O)CCN(C)C(=O)C1CCC(C(C)(C)C)CC1. The maximum atomic E-state index is 12.3. The summed E-state index contributed by atoms with van der Waals surface area (Å²) in [5.74, 6) is 1.23. The summed E-state index contributed by atoms with van der Waals surface area (Å²) in [5.41, 5.74) is 0.367. The van der Waals surface area contributed by atoms with Gasteiger partial charge < -0.3 is 10.0 Å². The highest BCUT2D eigenvalue weighted by atomic mass is 16.3. The second-order valence-corrected chi connectivity index (χ2v) is 7.31. The van der Waals surface area contributed by atoms with Crippen LogP contribution in [0.3, 0.4) is 0 Å². The lowest BCUT2D eigenvalue weighted by molar-refractivity contribution is -0.136. The van der Waals surface area contributed by atoms with E-state index in [1.165, 1.54) is 12.8 Å². The molecule has 0 aliphatic heterocycles. The number of hydrogen-bond donors (Lipinski definition) is 1. The van der Waals surface area contributed by atoms with Crippen LogP contribution < -0.4 is 0 Å². The van der Waals surface area contributed by atoms with Crippen LogP contribution >= 0.6 is 0 Å². The maximum absolute atomic E-state index is 12.3. The summed E-state index contributed by atoms with van der Waals surface area (Å²) in [6, 6.07) is 0. The first kappa shape index (κ1) is 16.5. The summed E-state index contributed by atoms with van der Waals surface area (Å²) in [4.78, 5) is 14.1. The van der Waals surface area contributed by atoms with Crippen molar-refractivity contribution in [3.63, 3.8) is 0 Å². The smallest absolute Gasteiger partial charge is 0.225 e. The molecule has 0 aromatic rings. The minimum atomic E-state index is -0.327. The van der Waals surface area contributed by atoms with E-state index >= 15 is 0 Å². The van der Waals surface area contributed by atoms with Crippen molar-refractivity contribution in [2.24, 2.45) is 17.3 Å². The van der Waals surface area contributed by atoms with Crippen molar-refractivity contribution < 1.29 is 9.90 Å². The number of hydrogen-bond acceptors (Lipinski definition) is 2. The van der Waals surface area contributed by atoms with Gasteiger partial charge >= 0.3 is 0 Å². The van der Waals surface area contributed by atoms with Crippen molar-refractivity contribution in [2.45, 2.75) is 65.9 Å². The van der Waals surface area contributed by atoms with Gasteiger partial charge in [-0.25, -0.2) is 0 Å². The standard InChI is InChI=1S/C16H31NO2/c1-12(18)10-11-17(5)15(19)13-6-8-14(9-7-13)16(2,3)4/h12-14,18H,6-11H2,1-5H3. The van der Waals surface area contributed by atoms with E-state index in [4.69, 9.17) is 0 Å². The Hall–Kier alpha value is -0.570. The second kappa shape index (κ2) is 6.74. The lowest BCUT2D eigenvalue weighted by Crippen LogP contribution is -2.37. The predicted octanol–water partition coefficient (Wildman–Crippen LogP) is 3.07. The van der Waals surface area contributed by atoms with Crippen LogP contribution in [0.4, 0.5) is 0 Å². The Kier molecular flexibility index (Phi) is 5.84. The molecule has 3 nitrogen and oxygen atoms in total. The van der Waals surface area contributed by atoms with Gasteiger partial charge in [-0.1, -0.05) is 20.8 Å². The van der Waals surface area contributed by atoms with Crippen molar-refractivity contribution in [2.75, 3.05) is 13.6 Å². The van der Waals surface area contributed by atoms with Crippen LogP contribution in [0.25, 0.3) is 0 Å². The molecule has 1 aliphatic carbocycles. The normalized spacial score (nSPS) is 26.0. The molecule has 1 rings (SSSR count). The third kappa shape index (κ3) is 5.13. The molecule has 112 valence electrons. The van der Waals surface area contributed by atoms with E-state index in [0.29, 0.717) is 18.4 Å². The van der Waals surface area contributed by atoms with Gasteiger partial charge in [0.15, 0.2) is 0 Å². The number of aliphatic hydroxyl groups excluding tert-OH is 1. The van der Waals surface area contributed by atoms with Gasteiger partial charge in [0.2, 0.25) is 5.91 Å². The number of rotatable bonds is 4. The molecule has 0 heterocycles. The highest BCUT2D eigenvalue weighted by Crippen LogP contribution is 2.40. The van der Waals surface area contributed by atoms with Crippen molar-refractivity contribution in [1.82, 2.24) is 4.90 Å². The third-order valence-electron chi connectivity index (χ3n) is 4.56. The zero-order valence-electron chi connectivity index (χ0n) is 13.3. The Labute approximate surface area is 118 Å². The summed E-state index contributed by atoms with van der Waals surface area (Å²) in [6.45, 7) is 9.33. The van der Waals surface area contributed by atoms with Crippen LogP contribution in [-0.2, 0) is 4.79 Å². The molecule has 0 spiro atoms. The van der Waals surface area contributed by atoms with E-state index in [0.717, 1.165) is 18.8 Å². The lowest BCUT2D eigenvalue weighted by Gasteiger charge is -2.37. The summed E-state index contributed by atoms with van der Waals surface area (Å²) in [7, 11) is 1.86. The largest absolute Gasteiger partial charge is 0.393 e. The molecule has 1 unspecified atom stereocenters. The molecule has 1 aliphatic rings. The molecule has 0 saturated heterocycles. The van der Waals surface area contributed by atoms with Crippen LogP contribution in [0.2, 0.25) is 0 Å². The fraction of sp³-hybridized carbons (Fsp3) is 0.938. The molecular weight excluding hydrogens is 238 g/mol.